The summed E-state index contributed by atoms with van der Waals surface area (Å²) in [6.45, 7) is 5.46. The third-order valence-corrected chi connectivity index (χ3v) is 5.79. The highest BCUT2D eigenvalue weighted by Crippen LogP contribution is 2.34. The number of carbonyl (C=O) groups is 1. The van der Waals surface area contributed by atoms with E-state index in [9.17, 15) is 4.79 Å². The van der Waals surface area contributed by atoms with Crippen LogP contribution in [0.25, 0.3) is 5.69 Å². The van der Waals surface area contributed by atoms with Crippen molar-refractivity contribution in [3.05, 3.63) is 60.4 Å². The van der Waals surface area contributed by atoms with Crippen molar-refractivity contribution in [1.82, 2.24) is 20.1 Å². The average molecular weight is 439 g/mol. The van der Waals surface area contributed by atoms with Gasteiger partial charge in [0, 0.05) is 6.42 Å². The summed E-state index contributed by atoms with van der Waals surface area (Å²) in [5.74, 6) is 1.89. The minimum absolute atomic E-state index is 0.0631. The van der Waals surface area contributed by atoms with Crippen molar-refractivity contribution in [2.24, 2.45) is 5.92 Å². The van der Waals surface area contributed by atoms with E-state index < -0.39 is 0 Å². The highest BCUT2D eigenvalue weighted by molar-refractivity contribution is 7.99. The first-order chi connectivity index (χ1) is 15.1. The molecular weight excluding hydrogens is 412 g/mol. The lowest BCUT2D eigenvalue weighted by atomic mass is 9.95. The number of nitrogens with one attached hydrogen (secondary N) is 1. The van der Waals surface area contributed by atoms with E-state index in [-0.39, 0.29) is 23.6 Å². The zero-order chi connectivity index (χ0) is 21.6. The molecule has 1 aliphatic heterocycles. The topological polar surface area (TPSA) is 78.3 Å². The number of rotatable bonds is 7. The molecule has 0 bridgehead atoms. The van der Waals surface area contributed by atoms with Crippen molar-refractivity contribution in [2.45, 2.75) is 31.5 Å². The molecule has 0 spiro atoms. The van der Waals surface area contributed by atoms with E-state index in [4.69, 9.17) is 9.47 Å². The molecule has 1 aromatic heterocycles. The molecule has 0 saturated carbocycles. The number of fused-ring (bicyclic) bond motifs is 1. The van der Waals surface area contributed by atoms with Crippen molar-refractivity contribution in [3.63, 3.8) is 0 Å². The van der Waals surface area contributed by atoms with Crippen LogP contribution in [0.15, 0.2) is 60.0 Å². The van der Waals surface area contributed by atoms with Crippen LogP contribution in [0, 0.1) is 5.92 Å². The number of ether oxygens (including phenoxy) is 2. The standard InChI is InChI=1S/C23H26N4O3S/c1-16(2)22(17-9-10-19-20(13-17)30-12-6-11-29-19)25-21(28)14-31-23-24-15-27(26-23)18-7-4-3-5-8-18/h3-5,7-10,13,15-16,22H,6,11-12,14H2,1-2H3,(H,25,28). The highest BCUT2D eigenvalue weighted by Gasteiger charge is 2.21. The van der Waals surface area contributed by atoms with E-state index in [1.165, 1.54) is 11.8 Å². The zero-order valence-corrected chi connectivity index (χ0v) is 18.5. The van der Waals surface area contributed by atoms with Crippen LogP contribution >= 0.6 is 11.8 Å². The summed E-state index contributed by atoms with van der Waals surface area (Å²) < 4.78 is 13.2. The van der Waals surface area contributed by atoms with Gasteiger partial charge in [-0.25, -0.2) is 9.67 Å². The third kappa shape index (κ3) is 5.38. The molecule has 1 N–H and O–H groups in total. The second-order valence-corrected chi connectivity index (χ2v) is 8.58. The minimum atomic E-state index is -0.125. The SMILES string of the molecule is CC(C)C(NC(=O)CSc1ncn(-c2ccccc2)n1)c1ccc2c(c1)OCCCO2. The van der Waals surface area contributed by atoms with Gasteiger partial charge in [-0.05, 0) is 35.7 Å². The molecule has 7 nitrogen and oxygen atoms in total. The monoisotopic (exact) mass is 438 g/mol. The molecule has 0 fully saturated rings. The maximum Gasteiger partial charge on any atom is 0.230 e. The number of hydrogen-bond donors (Lipinski definition) is 1. The lowest BCUT2D eigenvalue weighted by molar-refractivity contribution is -0.119. The van der Waals surface area contributed by atoms with E-state index in [1.807, 2.05) is 48.5 Å². The molecule has 4 rings (SSSR count). The number of amides is 1. The van der Waals surface area contributed by atoms with Gasteiger partial charge in [-0.1, -0.05) is 49.9 Å². The van der Waals surface area contributed by atoms with Gasteiger partial charge in [-0.3, -0.25) is 4.79 Å². The Morgan fingerprint density at radius 1 is 1.13 bits per heavy atom. The van der Waals surface area contributed by atoms with Gasteiger partial charge in [-0.2, -0.15) is 0 Å². The first-order valence-corrected chi connectivity index (χ1v) is 11.4. The van der Waals surface area contributed by atoms with E-state index in [1.54, 1.807) is 11.0 Å². The molecule has 2 aromatic carbocycles. The number of benzene rings is 2. The summed E-state index contributed by atoms with van der Waals surface area (Å²) in [4.78, 5) is 17.0. The Hall–Kier alpha value is -3.00. The fraction of sp³-hybridized carbons (Fsp3) is 0.348. The summed E-state index contributed by atoms with van der Waals surface area (Å²) in [5, 5.41) is 8.15. The number of carbonyl (C=O) groups excluding carboxylic acids is 1. The Bertz CT molecular complexity index is 1020. The van der Waals surface area contributed by atoms with Crippen LogP contribution in [0.1, 0.15) is 31.9 Å². The van der Waals surface area contributed by atoms with Crippen LogP contribution in [0.5, 0.6) is 11.5 Å². The summed E-state index contributed by atoms with van der Waals surface area (Å²) in [5.41, 5.74) is 1.93. The zero-order valence-electron chi connectivity index (χ0n) is 17.7. The fourth-order valence-corrected chi connectivity index (χ4v) is 3.98. The molecular formula is C23H26N4O3S. The first kappa shape index (κ1) is 21.2. The van der Waals surface area contributed by atoms with Crippen LogP contribution in [0.4, 0.5) is 0 Å². The van der Waals surface area contributed by atoms with Crippen LogP contribution in [-0.2, 0) is 4.79 Å². The molecule has 2 heterocycles. The third-order valence-electron chi connectivity index (χ3n) is 4.94. The number of nitrogens with zero attached hydrogens (tertiary/aromatic N) is 3. The van der Waals surface area contributed by atoms with Crippen molar-refractivity contribution >= 4 is 17.7 Å². The van der Waals surface area contributed by atoms with E-state index in [2.05, 4.69) is 29.2 Å². The second kappa shape index (κ2) is 9.87. The molecule has 31 heavy (non-hydrogen) atoms. The summed E-state index contributed by atoms with van der Waals surface area (Å²) >= 11 is 1.32. The van der Waals surface area contributed by atoms with Crippen LogP contribution in [0.3, 0.4) is 0 Å². The van der Waals surface area contributed by atoms with Gasteiger partial charge in [0.2, 0.25) is 11.1 Å². The number of aromatic nitrogens is 3. The molecule has 162 valence electrons. The average Bonchev–Trinajstić information content (AvgIpc) is 3.14. The quantitative estimate of drug-likeness (QED) is 0.561. The molecule has 3 aromatic rings. The Morgan fingerprint density at radius 3 is 2.68 bits per heavy atom. The highest BCUT2D eigenvalue weighted by atomic mass is 32.2. The summed E-state index contributed by atoms with van der Waals surface area (Å²) in [6, 6.07) is 15.5. The van der Waals surface area contributed by atoms with E-state index in [0.29, 0.717) is 18.4 Å². The minimum Gasteiger partial charge on any atom is -0.490 e. The first-order valence-electron chi connectivity index (χ1n) is 10.4. The molecule has 1 aliphatic rings. The van der Waals surface area contributed by atoms with Gasteiger partial charge in [-0.15, -0.1) is 5.10 Å². The van der Waals surface area contributed by atoms with Crippen molar-refractivity contribution in [2.75, 3.05) is 19.0 Å². The molecule has 0 aliphatic carbocycles. The smallest absolute Gasteiger partial charge is 0.230 e. The molecule has 0 saturated heterocycles. The van der Waals surface area contributed by atoms with Gasteiger partial charge in [0.25, 0.3) is 0 Å². The van der Waals surface area contributed by atoms with Crippen molar-refractivity contribution < 1.29 is 14.3 Å². The van der Waals surface area contributed by atoms with Crippen LogP contribution < -0.4 is 14.8 Å². The number of thioether (sulfide) groups is 1. The normalized spacial score (nSPS) is 14.2. The summed E-state index contributed by atoms with van der Waals surface area (Å²) in [6.07, 6.45) is 2.52. The van der Waals surface area contributed by atoms with Gasteiger partial charge in [0.05, 0.1) is 30.7 Å². The van der Waals surface area contributed by atoms with E-state index in [0.717, 1.165) is 29.2 Å². The number of hydrogen-bond acceptors (Lipinski definition) is 6. The van der Waals surface area contributed by atoms with Crippen molar-refractivity contribution in [1.29, 1.82) is 0 Å². The molecule has 1 amide bonds. The Morgan fingerprint density at radius 2 is 1.90 bits per heavy atom. The van der Waals surface area contributed by atoms with Crippen molar-refractivity contribution in [3.8, 4) is 17.2 Å². The van der Waals surface area contributed by atoms with Gasteiger partial charge >= 0.3 is 0 Å². The maximum atomic E-state index is 12.7. The van der Waals surface area contributed by atoms with Crippen LogP contribution in [-0.4, -0.2) is 39.6 Å². The maximum absolute atomic E-state index is 12.7. The number of para-hydroxylation sites is 1. The van der Waals surface area contributed by atoms with Gasteiger partial charge < -0.3 is 14.8 Å². The fourth-order valence-electron chi connectivity index (χ4n) is 3.37. The van der Waals surface area contributed by atoms with Gasteiger partial charge in [0.1, 0.15) is 6.33 Å². The molecule has 8 heteroatoms. The summed E-state index contributed by atoms with van der Waals surface area (Å²) in [7, 11) is 0. The lowest BCUT2D eigenvalue weighted by Gasteiger charge is -2.23. The van der Waals surface area contributed by atoms with Crippen LogP contribution in [0.2, 0.25) is 0 Å². The Balaban J connectivity index is 1.38. The molecule has 0 radical (unpaired) electrons. The predicted molar refractivity (Wildman–Crippen MR) is 120 cm³/mol. The molecule has 1 unspecified atom stereocenters. The predicted octanol–water partition coefficient (Wildman–Crippen LogP) is 4.03. The largest absolute Gasteiger partial charge is 0.490 e. The second-order valence-electron chi connectivity index (χ2n) is 7.64. The molecule has 1 atom stereocenters. The van der Waals surface area contributed by atoms with Gasteiger partial charge in [0.15, 0.2) is 11.5 Å². The Kier molecular flexibility index (Phi) is 6.76. The van der Waals surface area contributed by atoms with E-state index >= 15 is 0 Å². The lowest BCUT2D eigenvalue weighted by Crippen LogP contribution is -2.33. The Labute approximate surface area is 186 Å².